The van der Waals surface area contributed by atoms with E-state index in [9.17, 15) is 4.79 Å². The van der Waals surface area contributed by atoms with Gasteiger partial charge in [0.05, 0.1) is 0 Å². The van der Waals surface area contributed by atoms with Crippen molar-refractivity contribution in [3.63, 3.8) is 0 Å². The van der Waals surface area contributed by atoms with Crippen molar-refractivity contribution >= 4 is 11.9 Å². The van der Waals surface area contributed by atoms with Crippen LogP contribution in [-0.2, 0) is 17.3 Å². The molecule has 7 heteroatoms. The maximum Gasteiger partial charge on any atom is 0.227 e. The first-order valence-corrected chi connectivity index (χ1v) is 8.93. The lowest BCUT2D eigenvalue weighted by Gasteiger charge is -2.41. The fraction of sp³-hybridized carbons (Fsp3) is 0.824. The van der Waals surface area contributed by atoms with Gasteiger partial charge in [0.25, 0.3) is 0 Å². The zero-order chi connectivity index (χ0) is 17.5. The van der Waals surface area contributed by atoms with Crippen LogP contribution in [0, 0.1) is 5.92 Å². The summed E-state index contributed by atoms with van der Waals surface area (Å²) >= 11 is 0. The van der Waals surface area contributed by atoms with Gasteiger partial charge in [0.15, 0.2) is 0 Å². The fourth-order valence-electron chi connectivity index (χ4n) is 3.97. The van der Waals surface area contributed by atoms with Crippen molar-refractivity contribution in [1.82, 2.24) is 25.0 Å². The lowest BCUT2D eigenvalue weighted by Crippen LogP contribution is -2.54. The maximum absolute atomic E-state index is 11.5. The van der Waals surface area contributed by atoms with Crippen molar-refractivity contribution in [2.24, 2.45) is 13.0 Å². The second-order valence-electron chi connectivity index (χ2n) is 7.96. The summed E-state index contributed by atoms with van der Waals surface area (Å²) in [4.78, 5) is 16.3. The van der Waals surface area contributed by atoms with E-state index >= 15 is 0 Å². The number of hydrogen-bond acceptors (Lipinski definition) is 5. The largest absolute Gasteiger partial charge is 0.355 e. The second-order valence-corrected chi connectivity index (χ2v) is 7.96. The highest BCUT2D eigenvalue weighted by Crippen LogP contribution is 2.31. The van der Waals surface area contributed by atoms with Crippen molar-refractivity contribution in [2.45, 2.75) is 45.1 Å². The first-order valence-electron chi connectivity index (χ1n) is 8.93. The van der Waals surface area contributed by atoms with Crippen molar-refractivity contribution < 1.29 is 4.79 Å². The van der Waals surface area contributed by atoms with Crippen LogP contribution in [0.15, 0.2) is 0 Å². The van der Waals surface area contributed by atoms with Crippen molar-refractivity contribution in [3.05, 3.63) is 5.82 Å². The smallest absolute Gasteiger partial charge is 0.227 e. The molecule has 24 heavy (non-hydrogen) atoms. The lowest BCUT2D eigenvalue weighted by molar-refractivity contribution is -0.123. The number of piperazine rings is 1. The van der Waals surface area contributed by atoms with Gasteiger partial charge in [-0.05, 0) is 19.4 Å². The van der Waals surface area contributed by atoms with Gasteiger partial charge in [-0.2, -0.15) is 0 Å². The Bertz CT molecular complexity index is 600. The van der Waals surface area contributed by atoms with E-state index in [4.69, 9.17) is 0 Å². The number of anilines is 1. The van der Waals surface area contributed by atoms with Crippen LogP contribution in [0.1, 0.15) is 39.4 Å². The van der Waals surface area contributed by atoms with Crippen molar-refractivity contribution in [1.29, 1.82) is 0 Å². The number of amides is 1. The van der Waals surface area contributed by atoms with Gasteiger partial charge in [-0.15, -0.1) is 10.2 Å². The van der Waals surface area contributed by atoms with Crippen LogP contribution in [0.2, 0.25) is 0 Å². The van der Waals surface area contributed by atoms with Crippen LogP contribution in [0.3, 0.4) is 0 Å². The summed E-state index contributed by atoms with van der Waals surface area (Å²) in [5, 5.41) is 12.0. The molecule has 1 N–H and O–H groups in total. The zero-order valence-electron chi connectivity index (χ0n) is 15.5. The van der Waals surface area contributed by atoms with Crippen LogP contribution in [0.25, 0.3) is 0 Å². The predicted octanol–water partition coefficient (Wildman–Crippen LogP) is 0.759. The number of aromatic nitrogens is 3. The average molecular weight is 334 g/mol. The van der Waals surface area contributed by atoms with Gasteiger partial charge in [-0.3, -0.25) is 14.3 Å². The molecule has 134 valence electrons. The quantitative estimate of drug-likeness (QED) is 0.884. The average Bonchev–Trinajstić information content (AvgIpc) is 2.93. The molecule has 1 unspecified atom stereocenters. The minimum absolute atomic E-state index is 0.133. The first-order chi connectivity index (χ1) is 11.3. The van der Waals surface area contributed by atoms with Gasteiger partial charge in [0.1, 0.15) is 5.82 Å². The standard InChI is InChI=1S/C17H30N6O/c1-12(2)13-10-23(9-8-21(13)4)16-20-19-15(22(16)5)17(3)7-6-14(24)18-11-17/h12-13H,6-11H2,1-5H3,(H,18,24)/t13-,17?/m1/s1. The van der Waals surface area contributed by atoms with Crippen LogP contribution in [0.5, 0.6) is 0 Å². The summed E-state index contributed by atoms with van der Waals surface area (Å²) in [5.41, 5.74) is -0.141. The molecule has 3 heterocycles. The molecule has 2 aliphatic heterocycles. The predicted molar refractivity (Wildman–Crippen MR) is 94.1 cm³/mol. The Morgan fingerprint density at radius 1 is 1.25 bits per heavy atom. The number of piperidine rings is 1. The van der Waals surface area contributed by atoms with Gasteiger partial charge in [0.2, 0.25) is 11.9 Å². The Labute approximate surface area is 144 Å². The third-order valence-electron chi connectivity index (χ3n) is 5.72. The van der Waals surface area contributed by atoms with E-state index in [1.54, 1.807) is 0 Å². The summed E-state index contributed by atoms with van der Waals surface area (Å²) in [6.45, 7) is 10.3. The van der Waals surface area contributed by atoms with Gasteiger partial charge < -0.3 is 10.2 Å². The highest BCUT2D eigenvalue weighted by Gasteiger charge is 2.37. The molecule has 2 saturated heterocycles. The number of carbonyl (C=O) groups excluding carboxylic acids is 1. The van der Waals surface area contributed by atoms with Gasteiger partial charge >= 0.3 is 0 Å². The molecule has 1 aromatic rings. The maximum atomic E-state index is 11.5. The third-order valence-corrected chi connectivity index (χ3v) is 5.72. The molecule has 0 radical (unpaired) electrons. The van der Waals surface area contributed by atoms with Crippen LogP contribution in [0.4, 0.5) is 5.95 Å². The van der Waals surface area contributed by atoms with Crippen LogP contribution in [-0.4, -0.2) is 64.8 Å². The molecule has 2 fully saturated rings. The Morgan fingerprint density at radius 3 is 2.62 bits per heavy atom. The van der Waals surface area contributed by atoms with E-state index in [1.165, 1.54) is 0 Å². The number of nitrogens with zero attached hydrogens (tertiary/aromatic N) is 5. The normalized spacial score (nSPS) is 29.2. The molecule has 2 aliphatic rings. The molecule has 0 bridgehead atoms. The number of nitrogens with one attached hydrogen (secondary N) is 1. The molecule has 0 aromatic carbocycles. The molecule has 0 saturated carbocycles. The summed E-state index contributed by atoms with van der Waals surface area (Å²) in [6.07, 6.45) is 1.38. The fourth-order valence-corrected chi connectivity index (χ4v) is 3.97. The molecule has 7 nitrogen and oxygen atoms in total. The van der Waals surface area contributed by atoms with Crippen LogP contribution < -0.4 is 10.2 Å². The molecular formula is C17H30N6O. The topological polar surface area (TPSA) is 66.3 Å². The summed E-state index contributed by atoms with van der Waals surface area (Å²) in [7, 11) is 4.25. The minimum atomic E-state index is -0.141. The number of carbonyl (C=O) groups is 1. The Hall–Kier alpha value is -1.63. The Morgan fingerprint density at radius 2 is 2.00 bits per heavy atom. The zero-order valence-corrected chi connectivity index (χ0v) is 15.5. The van der Waals surface area contributed by atoms with E-state index in [-0.39, 0.29) is 11.3 Å². The molecule has 3 rings (SSSR count). The van der Waals surface area contributed by atoms with E-state index in [2.05, 4.69) is 64.7 Å². The molecule has 0 spiro atoms. The van der Waals surface area contributed by atoms with E-state index < -0.39 is 0 Å². The summed E-state index contributed by atoms with van der Waals surface area (Å²) < 4.78 is 2.13. The molecule has 1 amide bonds. The minimum Gasteiger partial charge on any atom is -0.355 e. The molecule has 2 atom stereocenters. The third kappa shape index (κ3) is 3.01. The summed E-state index contributed by atoms with van der Waals surface area (Å²) in [5.74, 6) is 2.66. The Kier molecular flexibility index (Phi) is 4.55. The van der Waals surface area contributed by atoms with Gasteiger partial charge in [-0.1, -0.05) is 20.8 Å². The Balaban J connectivity index is 1.81. The molecule has 1 aromatic heterocycles. The monoisotopic (exact) mass is 334 g/mol. The van der Waals surface area contributed by atoms with Crippen LogP contribution >= 0.6 is 0 Å². The first kappa shape index (κ1) is 17.2. The number of rotatable bonds is 3. The van der Waals surface area contributed by atoms with E-state index in [0.29, 0.717) is 24.9 Å². The number of hydrogen-bond donors (Lipinski definition) is 1. The molecule has 0 aliphatic carbocycles. The van der Waals surface area contributed by atoms with Crippen molar-refractivity contribution in [2.75, 3.05) is 38.1 Å². The SMILES string of the molecule is CC(C)[C@H]1CN(c2nnc(C3(C)CCC(=O)NC3)n2C)CCN1C. The van der Waals surface area contributed by atoms with Gasteiger partial charge in [0, 0.05) is 51.1 Å². The highest BCUT2D eigenvalue weighted by atomic mass is 16.1. The second kappa shape index (κ2) is 6.35. The lowest BCUT2D eigenvalue weighted by atomic mass is 9.81. The van der Waals surface area contributed by atoms with Crippen molar-refractivity contribution in [3.8, 4) is 0 Å². The molecular weight excluding hydrogens is 304 g/mol. The number of likely N-dealkylation sites (N-methyl/N-ethyl adjacent to an activating group) is 1. The highest BCUT2D eigenvalue weighted by molar-refractivity contribution is 5.77. The van der Waals surface area contributed by atoms with Gasteiger partial charge in [-0.25, -0.2) is 0 Å². The van der Waals surface area contributed by atoms with E-state index in [0.717, 1.165) is 37.8 Å². The summed E-state index contributed by atoms with van der Waals surface area (Å²) in [6, 6.07) is 0.531. The van der Waals surface area contributed by atoms with E-state index in [1.807, 2.05) is 0 Å².